The van der Waals surface area contributed by atoms with Gasteiger partial charge < -0.3 is 20.7 Å². The molecular weight excluding hydrogens is 284 g/mol. The van der Waals surface area contributed by atoms with Gasteiger partial charge in [0.15, 0.2) is 5.82 Å². The summed E-state index contributed by atoms with van der Waals surface area (Å²) in [4.78, 5) is 15.2. The molecule has 0 aliphatic rings. The Morgan fingerprint density at radius 3 is 2.90 bits per heavy atom. The van der Waals surface area contributed by atoms with Crippen molar-refractivity contribution in [3.05, 3.63) is 34.4 Å². The molecule has 0 radical (unpaired) electrons. The lowest BCUT2D eigenvalue weighted by Gasteiger charge is -2.11. The van der Waals surface area contributed by atoms with Crippen LogP contribution in [0, 0.1) is 6.92 Å². The van der Waals surface area contributed by atoms with Crippen molar-refractivity contribution in [1.82, 2.24) is 10.1 Å². The van der Waals surface area contributed by atoms with Gasteiger partial charge in [0.1, 0.15) is 0 Å². The Kier molecular flexibility index (Phi) is 4.09. The monoisotopic (exact) mass is 296 g/mol. The summed E-state index contributed by atoms with van der Waals surface area (Å²) in [6, 6.07) is 2.85. The van der Waals surface area contributed by atoms with E-state index in [0.717, 1.165) is 0 Å². The van der Waals surface area contributed by atoms with Crippen LogP contribution >= 0.6 is 11.6 Å². The molecule has 20 heavy (non-hydrogen) atoms. The van der Waals surface area contributed by atoms with Crippen LogP contribution in [0.15, 0.2) is 16.7 Å². The maximum Gasteiger partial charge on any atom is 0.337 e. The van der Waals surface area contributed by atoms with Crippen molar-refractivity contribution in [3.63, 3.8) is 0 Å². The summed E-state index contributed by atoms with van der Waals surface area (Å²) in [7, 11) is 0. The van der Waals surface area contributed by atoms with Crippen LogP contribution in [0.4, 0.5) is 11.4 Å². The Morgan fingerprint density at radius 1 is 1.55 bits per heavy atom. The van der Waals surface area contributed by atoms with Crippen molar-refractivity contribution >= 4 is 28.9 Å². The number of aryl methyl sites for hydroxylation is 1. The number of nitrogens with two attached hydrogens (primary N) is 1. The fraction of sp³-hybridized carbons (Fsp3) is 0.250. The van der Waals surface area contributed by atoms with Crippen LogP contribution in [0.2, 0.25) is 5.02 Å². The molecule has 0 aliphatic carbocycles. The number of aromatic carboxylic acids is 1. The Labute approximate surface area is 119 Å². The van der Waals surface area contributed by atoms with E-state index in [9.17, 15) is 4.79 Å². The first kappa shape index (κ1) is 14.1. The van der Waals surface area contributed by atoms with E-state index in [0.29, 0.717) is 36.1 Å². The molecule has 7 nitrogen and oxygen atoms in total. The van der Waals surface area contributed by atoms with Crippen molar-refractivity contribution in [2.24, 2.45) is 0 Å². The van der Waals surface area contributed by atoms with Gasteiger partial charge in [0, 0.05) is 25.6 Å². The second-order valence-corrected chi connectivity index (χ2v) is 4.54. The number of rotatable bonds is 5. The molecule has 0 atom stereocenters. The quantitative estimate of drug-likeness (QED) is 0.722. The van der Waals surface area contributed by atoms with Crippen molar-refractivity contribution in [3.8, 4) is 0 Å². The predicted octanol–water partition coefficient (Wildman–Crippen LogP) is 1.97. The van der Waals surface area contributed by atoms with E-state index < -0.39 is 5.97 Å². The molecule has 2 rings (SSSR count). The van der Waals surface area contributed by atoms with E-state index in [1.165, 1.54) is 12.1 Å². The van der Waals surface area contributed by atoms with Crippen LogP contribution in [-0.4, -0.2) is 27.8 Å². The Hall–Kier alpha value is -2.28. The number of nitrogens with one attached hydrogen (secondary N) is 1. The number of anilines is 2. The maximum atomic E-state index is 11.2. The zero-order chi connectivity index (χ0) is 14.7. The first-order valence-corrected chi connectivity index (χ1v) is 6.20. The van der Waals surface area contributed by atoms with Gasteiger partial charge in [0.05, 0.1) is 16.3 Å². The van der Waals surface area contributed by atoms with Gasteiger partial charge >= 0.3 is 5.97 Å². The molecule has 0 bridgehead atoms. The van der Waals surface area contributed by atoms with Gasteiger partial charge in [0.25, 0.3) is 0 Å². The molecule has 0 amide bonds. The van der Waals surface area contributed by atoms with Crippen LogP contribution in [0.25, 0.3) is 0 Å². The third-order valence-corrected chi connectivity index (χ3v) is 2.86. The van der Waals surface area contributed by atoms with E-state index in [4.69, 9.17) is 27.0 Å². The molecule has 4 N–H and O–H groups in total. The lowest BCUT2D eigenvalue weighted by molar-refractivity contribution is 0.0698. The summed E-state index contributed by atoms with van der Waals surface area (Å²) in [5, 5.41) is 16.1. The molecular formula is C12H13ClN4O3. The number of carboxylic acids is 1. The minimum absolute atomic E-state index is 0.0271. The maximum absolute atomic E-state index is 11.2. The van der Waals surface area contributed by atoms with E-state index in [1.807, 2.05) is 0 Å². The minimum Gasteiger partial charge on any atom is -0.478 e. The number of halogens is 1. The summed E-state index contributed by atoms with van der Waals surface area (Å²) < 4.78 is 4.84. The highest BCUT2D eigenvalue weighted by atomic mass is 35.5. The Morgan fingerprint density at radius 2 is 2.30 bits per heavy atom. The van der Waals surface area contributed by atoms with E-state index in [-0.39, 0.29) is 10.6 Å². The van der Waals surface area contributed by atoms with Crippen LogP contribution in [0.5, 0.6) is 0 Å². The predicted molar refractivity (Wildman–Crippen MR) is 74.1 cm³/mol. The second kappa shape index (κ2) is 5.79. The summed E-state index contributed by atoms with van der Waals surface area (Å²) in [5.74, 6) is -0.0766. The number of hydrogen-bond acceptors (Lipinski definition) is 6. The number of hydrogen-bond donors (Lipinski definition) is 3. The number of carbonyl (C=O) groups is 1. The third kappa shape index (κ3) is 3.18. The number of nitrogen functional groups attached to an aromatic ring is 1. The fourth-order valence-corrected chi connectivity index (χ4v) is 2.01. The van der Waals surface area contributed by atoms with Gasteiger partial charge in [-0.1, -0.05) is 16.8 Å². The van der Waals surface area contributed by atoms with Crippen molar-refractivity contribution in [1.29, 1.82) is 0 Å². The van der Waals surface area contributed by atoms with Gasteiger partial charge in [-0.3, -0.25) is 0 Å². The number of benzene rings is 1. The molecule has 8 heteroatoms. The lowest BCUT2D eigenvalue weighted by atomic mass is 10.1. The highest BCUT2D eigenvalue weighted by molar-refractivity contribution is 6.34. The number of aromatic nitrogens is 2. The molecule has 2 aromatic rings. The summed E-state index contributed by atoms with van der Waals surface area (Å²) in [6.45, 7) is 2.12. The minimum atomic E-state index is -1.10. The molecule has 0 aliphatic heterocycles. The smallest absolute Gasteiger partial charge is 0.337 e. The van der Waals surface area contributed by atoms with Crippen molar-refractivity contribution in [2.75, 3.05) is 17.6 Å². The van der Waals surface area contributed by atoms with Gasteiger partial charge in [0.2, 0.25) is 5.89 Å². The lowest BCUT2D eigenvalue weighted by Crippen LogP contribution is -2.11. The van der Waals surface area contributed by atoms with Crippen LogP contribution in [0.3, 0.4) is 0 Å². The van der Waals surface area contributed by atoms with E-state index >= 15 is 0 Å². The Bertz CT molecular complexity index is 642. The molecule has 0 saturated heterocycles. The third-order valence-electron chi connectivity index (χ3n) is 2.56. The van der Waals surface area contributed by atoms with Gasteiger partial charge in [-0.15, -0.1) is 0 Å². The Balaban J connectivity index is 2.10. The first-order valence-electron chi connectivity index (χ1n) is 5.82. The normalized spacial score (nSPS) is 10.5. The molecule has 0 saturated carbocycles. The molecule has 106 valence electrons. The van der Waals surface area contributed by atoms with Gasteiger partial charge in [-0.25, -0.2) is 4.79 Å². The average molecular weight is 297 g/mol. The summed E-state index contributed by atoms with van der Waals surface area (Å²) >= 11 is 6.01. The fourth-order valence-electron chi connectivity index (χ4n) is 1.72. The first-order chi connectivity index (χ1) is 9.47. The van der Waals surface area contributed by atoms with Crippen LogP contribution < -0.4 is 11.1 Å². The van der Waals surface area contributed by atoms with Gasteiger partial charge in [-0.2, -0.15) is 4.98 Å². The second-order valence-electron chi connectivity index (χ2n) is 4.14. The topological polar surface area (TPSA) is 114 Å². The zero-order valence-electron chi connectivity index (χ0n) is 10.7. The van der Waals surface area contributed by atoms with Crippen molar-refractivity contribution in [2.45, 2.75) is 13.3 Å². The average Bonchev–Trinajstić information content (AvgIpc) is 2.77. The number of carboxylic acid groups (broad SMARTS) is 1. The molecule has 0 spiro atoms. The van der Waals surface area contributed by atoms with E-state index in [1.54, 1.807) is 6.92 Å². The summed E-state index contributed by atoms with van der Waals surface area (Å²) in [5.41, 5.74) is 6.23. The largest absolute Gasteiger partial charge is 0.478 e. The standard InChI is InChI=1S/C12H13ClN4O3/c1-6-16-10(17-20-6)2-3-15-11-8(12(18)19)4-7(14)5-9(11)13/h4-5,15H,2-3,14H2,1H3,(H,18,19). The molecule has 1 aromatic carbocycles. The van der Waals surface area contributed by atoms with Gasteiger partial charge in [-0.05, 0) is 12.1 Å². The summed E-state index contributed by atoms with van der Waals surface area (Å²) in [6.07, 6.45) is 0.483. The SMILES string of the molecule is Cc1nc(CCNc2c(Cl)cc(N)cc2C(=O)O)no1. The van der Waals surface area contributed by atoms with Crippen LogP contribution in [-0.2, 0) is 6.42 Å². The molecule has 1 heterocycles. The van der Waals surface area contributed by atoms with E-state index in [2.05, 4.69) is 15.5 Å². The molecule has 0 unspecified atom stereocenters. The van der Waals surface area contributed by atoms with Crippen LogP contribution in [0.1, 0.15) is 22.1 Å². The number of nitrogens with zero attached hydrogens (tertiary/aromatic N) is 2. The van der Waals surface area contributed by atoms with Crippen molar-refractivity contribution < 1.29 is 14.4 Å². The molecule has 0 fully saturated rings. The zero-order valence-corrected chi connectivity index (χ0v) is 11.4. The highest BCUT2D eigenvalue weighted by Crippen LogP contribution is 2.29. The molecule has 1 aromatic heterocycles. The highest BCUT2D eigenvalue weighted by Gasteiger charge is 2.14.